The number of ether oxygens (including phenoxy) is 5. The van der Waals surface area contributed by atoms with Gasteiger partial charge in [-0.25, -0.2) is 14.7 Å². The van der Waals surface area contributed by atoms with Crippen molar-refractivity contribution in [2.75, 3.05) is 52.0 Å². The normalized spacial score (nSPS) is 19.9. The van der Waals surface area contributed by atoms with E-state index in [-0.39, 0.29) is 83.4 Å². The van der Waals surface area contributed by atoms with E-state index in [1.807, 2.05) is 0 Å². The predicted molar refractivity (Wildman–Crippen MR) is 221 cm³/mol. The van der Waals surface area contributed by atoms with Gasteiger partial charge in [0.15, 0.2) is 34.3 Å². The highest BCUT2D eigenvalue weighted by Gasteiger charge is 2.46. The Balaban J connectivity index is 1.05. The van der Waals surface area contributed by atoms with Crippen LogP contribution in [-0.2, 0) is 4.74 Å². The fourth-order valence-corrected chi connectivity index (χ4v) is 9.24. The molecule has 2 aromatic carbocycles. The van der Waals surface area contributed by atoms with Crippen LogP contribution in [0.15, 0.2) is 76.9 Å². The summed E-state index contributed by atoms with van der Waals surface area (Å²) in [5, 5.41) is 23.0. The molecule has 0 saturated carbocycles. The van der Waals surface area contributed by atoms with Gasteiger partial charge in [0.25, 0.3) is 11.8 Å². The Bertz CT molecular complexity index is 2240. The van der Waals surface area contributed by atoms with Crippen molar-refractivity contribution < 1.29 is 48.1 Å². The summed E-state index contributed by atoms with van der Waals surface area (Å²) < 4.78 is 29.1. The summed E-state index contributed by atoms with van der Waals surface area (Å²) in [6, 6.07) is 8.14. The third-order valence-corrected chi connectivity index (χ3v) is 12.8. The summed E-state index contributed by atoms with van der Waals surface area (Å²) in [5.41, 5.74) is 2.59. The third-order valence-electron chi connectivity index (χ3n) is 10.1. The Labute approximate surface area is 347 Å². The van der Waals surface area contributed by atoms with E-state index >= 15 is 0 Å². The molecular formula is C40H42N6O11S2. The van der Waals surface area contributed by atoms with Gasteiger partial charge < -0.3 is 38.6 Å². The number of carbonyl (C=O) groups excluding carboxylic acids is 3. The summed E-state index contributed by atoms with van der Waals surface area (Å²) in [5.74, 6) is 0.619. The Morgan fingerprint density at radius 3 is 2.36 bits per heavy atom. The molecule has 7 rings (SSSR count). The minimum Gasteiger partial charge on any atom is -0.493 e. The molecule has 1 aromatic heterocycles. The number of nitro groups is 1. The zero-order chi connectivity index (χ0) is 42.0. The third kappa shape index (κ3) is 8.53. The van der Waals surface area contributed by atoms with Gasteiger partial charge in [0.2, 0.25) is 0 Å². The molecule has 17 nitrogen and oxygen atoms in total. The van der Waals surface area contributed by atoms with E-state index < -0.39 is 29.2 Å². The molecule has 1 N–H and O–H groups in total. The van der Waals surface area contributed by atoms with E-state index in [9.17, 15) is 29.6 Å². The van der Waals surface area contributed by atoms with E-state index in [1.54, 1.807) is 30.2 Å². The highest BCUT2D eigenvalue weighted by molar-refractivity contribution is 8.77. The van der Waals surface area contributed by atoms with Gasteiger partial charge >= 0.3 is 11.8 Å². The fourth-order valence-electron chi connectivity index (χ4n) is 7.21. The number of hydrogen-bond acceptors (Lipinski definition) is 15. The van der Waals surface area contributed by atoms with Crippen molar-refractivity contribution in [2.24, 2.45) is 4.99 Å². The Hall–Kier alpha value is -5.79. The first kappa shape index (κ1) is 41.4. The summed E-state index contributed by atoms with van der Waals surface area (Å²) >= 11 is 0. The van der Waals surface area contributed by atoms with Crippen LogP contribution >= 0.6 is 21.6 Å². The number of rotatable bonds is 14. The average molecular weight is 847 g/mol. The molecule has 4 aliphatic rings. The van der Waals surface area contributed by atoms with Crippen molar-refractivity contribution in [3.8, 4) is 23.0 Å². The molecule has 0 spiro atoms. The molecule has 19 heteroatoms. The number of benzene rings is 2. The van der Waals surface area contributed by atoms with Crippen LogP contribution in [0.4, 0.5) is 21.9 Å². The summed E-state index contributed by atoms with van der Waals surface area (Å²) in [4.78, 5) is 65.1. The molecule has 2 saturated heterocycles. The SMILES string of the molecule is C=C1C[C@H]2C=Nc3cc(OCCCOc4cc5c(cc4OC)C(=O)N4CC(=C)C[C@H]4[C@H](O)N5C(=O)OC[C@@H](C)SSc4ncccc4[N+](=O)[O-])c(OC)cc3C(=O)N2C1. The van der Waals surface area contributed by atoms with Crippen molar-refractivity contribution in [3.63, 3.8) is 0 Å². The topological polar surface area (TPSA) is 196 Å². The van der Waals surface area contributed by atoms with Crippen molar-refractivity contribution in [3.05, 3.63) is 88.1 Å². The van der Waals surface area contributed by atoms with Crippen LogP contribution in [0.3, 0.4) is 0 Å². The standard InChI is InChI=1S/C40H42N6O11S2/c1-22-12-25-18-42-28-16-34(32(53-4)14-26(28)37(47)43(25)19-22)55-10-7-11-56-35-17-30-27(15-33(35)54-5)38(48)44-20-23(2)13-31(44)39(49)45(30)40(50)57-21-24(3)58-59-36-29(46(51)52)8-6-9-41-36/h6,8-9,14-18,24-25,31,39,49H,1-2,7,10-13,19-21H2,3-5H3/t24-,25+,31+,39+/m1/s1. The van der Waals surface area contributed by atoms with Crippen LogP contribution < -0.4 is 23.8 Å². The van der Waals surface area contributed by atoms with Gasteiger partial charge in [0.1, 0.15) is 6.61 Å². The maximum absolute atomic E-state index is 14.0. The second kappa shape index (κ2) is 17.6. The highest BCUT2D eigenvalue weighted by Crippen LogP contribution is 2.43. The van der Waals surface area contributed by atoms with Crippen molar-refractivity contribution >= 4 is 62.8 Å². The smallest absolute Gasteiger partial charge is 0.416 e. The Kier molecular flexibility index (Phi) is 12.3. The van der Waals surface area contributed by atoms with Crippen molar-refractivity contribution in [2.45, 2.75) is 54.8 Å². The number of aliphatic hydroxyl groups is 1. The zero-order valence-electron chi connectivity index (χ0n) is 32.5. The van der Waals surface area contributed by atoms with E-state index in [0.29, 0.717) is 42.1 Å². The summed E-state index contributed by atoms with van der Waals surface area (Å²) in [7, 11) is 5.23. The van der Waals surface area contributed by atoms with Gasteiger partial charge in [0, 0.05) is 55.4 Å². The lowest BCUT2D eigenvalue weighted by Gasteiger charge is -2.31. The maximum atomic E-state index is 14.0. The first-order valence-electron chi connectivity index (χ1n) is 18.6. The molecule has 59 heavy (non-hydrogen) atoms. The zero-order valence-corrected chi connectivity index (χ0v) is 34.2. The van der Waals surface area contributed by atoms with Crippen LogP contribution in [0.5, 0.6) is 23.0 Å². The van der Waals surface area contributed by atoms with E-state index in [4.69, 9.17) is 23.7 Å². The number of pyridine rings is 1. The lowest BCUT2D eigenvalue weighted by molar-refractivity contribution is -0.388. The summed E-state index contributed by atoms with van der Waals surface area (Å²) in [6.07, 6.45) is 2.11. The molecule has 4 atom stereocenters. The molecule has 0 aliphatic carbocycles. The van der Waals surface area contributed by atoms with Crippen molar-refractivity contribution in [1.82, 2.24) is 14.8 Å². The molecule has 0 radical (unpaired) electrons. The molecule has 3 aromatic rings. The van der Waals surface area contributed by atoms with Crippen LogP contribution in [0.2, 0.25) is 0 Å². The Morgan fingerprint density at radius 1 is 0.983 bits per heavy atom. The van der Waals surface area contributed by atoms with Gasteiger partial charge in [0.05, 0.1) is 66.9 Å². The average Bonchev–Trinajstić information content (AvgIpc) is 3.77. The second-order valence-corrected chi connectivity index (χ2v) is 16.8. The van der Waals surface area contributed by atoms with Gasteiger partial charge in [-0.2, -0.15) is 0 Å². The number of aliphatic hydroxyl groups excluding tert-OH is 1. The van der Waals surface area contributed by atoms with Crippen LogP contribution in [0, 0.1) is 10.1 Å². The number of carbonyl (C=O) groups is 3. The monoisotopic (exact) mass is 846 g/mol. The first-order chi connectivity index (χ1) is 28.4. The Morgan fingerprint density at radius 2 is 1.64 bits per heavy atom. The molecule has 4 aliphatic heterocycles. The minimum atomic E-state index is -1.50. The van der Waals surface area contributed by atoms with Gasteiger partial charge in [-0.15, -0.1) is 0 Å². The predicted octanol–water partition coefficient (Wildman–Crippen LogP) is 6.22. The van der Waals surface area contributed by atoms with E-state index in [1.165, 1.54) is 60.4 Å². The molecule has 310 valence electrons. The van der Waals surface area contributed by atoms with Crippen molar-refractivity contribution in [1.29, 1.82) is 0 Å². The number of amides is 3. The quantitative estimate of drug-likeness (QED) is 0.0632. The summed E-state index contributed by atoms with van der Waals surface area (Å²) in [6.45, 7) is 10.7. The maximum Gasteiger partial charge on any atom is 0.416 e. The van der Waals surface area contributed by atoms with Gasteiger partial charge in [-0.1, -0.05) is 35.1 Å². The lowest BCUT2D eigenvalue weighted by atomic mass is 10.1. The number of methoxy groups -OCH3 is 2. The molecule has 2 fully saturated rings. The highest BCUT2D eigenvalue weighted by atomic mass is 33.1. The van der Waals surface area contributed by atoms with E-state index in [2.05, 4.69) is 23.1 Å². The molecular weight excluding hydrogens is 805 g/mol. The molecule has 3 amide bonds. The number of aliphatic imine (C=N–C) groups is 1. The van der Waals surface area contributed by atoms with Gasteiger partial charge in [-0.3, -0.25) is 24.7 Å². The number of anilines is 1. The molecule has 5 heterocycles. The fraction of sp³-hybridized carbons (Fsp3) is 0.375. The van der Waals surface area contributed by atoms with Crippen LogP contribution in [0.1, 0.15) is 46.9 Å². The van der Waals surface area contributed by atoms with Crippen LogP contribution in [-0.4, -0.2) is 120 Å². The van der Waals surface area contributed by atoms with Gasteiger partial charge in [-0.05, 0) is 48.8 Å². The first-order valence-corrected chi connectivity index (χ1v) is 20.9. The number of nitrogens with zero attached hydrogens (tertiary/aromatic N) is 6. The number of aromatic nitrogens is 1. The molecule has 0 unspecified atom stereocenters. The second-order valence-electron chi connectivity index (χ2n) is 14.2. The van der Waals surface area contributed by atoms with Crippen LogP contribution in [0.25, 0.3) is 0 Å². The minimum absolute atomic E-state index is 0.0629. The number of hydrogen-bond donors (Lipinski definition) is 1. The largest absolute Gasteiger partial charge is 0.493 e. The lowest BCUT2D eigenvalue weighted by Crippen LogP contribution is -2.51. The van der Waals surface area contributed by atoms with E-state index in [0.717, 1.165) is 26.8 Å². The molecule has 0 bridgehead atoms. The number of fused-ring (bicyclic) bond motifs is 4.